The molecule has 0 N–H and O–H groups in total. The lowest BCUT2D eigenvalue weighted by molar-refractivity contribution is 0.413. The highest BCUT2D eigenvalue weighted by Crippen LogP contribution is 2.23. The SMILES string of the molecule is COc1ccc(F)cc1C(C)=N[S+]([O-])C(C)(C)C. The molecule has 0 heterocycles. The van der Waals surface area contributed by atoms with Gasteiger partial charge >= 0.3 is 0 Å². The number of halogens is 1. The first-order valence-electron chi connectivity index (χ1n) is 5.57. The maximum absolute atomic E-state index is 13.2. The number of hydrogen-bond donors (Lipinski definition) is 0. The van der Waals surface area contributed by atoms with Crippen molar-refractivity contribution in [2.45, 2.75) is 32.4 Å². The fraction of sp³-hybridized carbons (Fsp3) is 0.462. The van der Waals surface area contributed by atoms with Gasteiger partial charge in [-0.25, -0.2) is 4.39 Å². The van der Waals surface area contributed by atoms with E-state index in [1.165, 1.54) is 25.3 Å². The second-order valence-electron chi connectivity index (χ2n) is 4.88. The highest BCUT2D eigenvalue weighted by molar-refractivity contribution is 7.91. The molecule has 0 radical (unpaired) electrons. The van der Waals surface area contributed by atoms with Gasteiger partial charge in [0.2, 0.25) is 0 Å². The Morgan fingerprint density at radius 2 is 2.00 bits per heavy atom. The second-order valence-corrected chi connectivity index (χ2v) is 6.79. The number of hydrogen-bond acceptors (Lipinski definition) is 3. The van der Waals surface area contributed by atoms with Gasteiger partial charge in [0.1, 0.15) is 27.7 Å². The molecule has 18 heavy (non-hydrogen) atoms. The molecular formula is C13H18FNO2S. The Balaban J connectivity index is 3.14. The molecule has 5 heteroatoms. The lowest BCUT2D eigenvalue weighted by atomic mass is 10.1. The van der Waals surface area contributed by atoms with Gasteiger partial charge in [0.15, 0.2) is 0 Å². The van der Waals surface area contributed by atoms with Crippen molar-refractivity contribution in [3.63, 3.8) is 0 Å². The van der Waals surface area contributed by atoms with E-state index in [9.17, 15) is 8.94 Å². The van der Waals surface area contributed by atoms with Crippen molar-refractivity contribution >= 4 is 17.1 Å². The molecule has 100 valence electrons. The van der Waals surface area contributed by atoms with Crippen molar-refractivity contribution in [1.29, 1.82) is 0 Å². The van der Waals surface area contributed by atoms with E-state index in [2.05, 4.69) is 4.40 Å². The number of methoxy groups -OCH3 is 1. The van der Waals surface area contributed by atoms with Gasteiger partial charge in [-0.3, -0.25) is 0 Å². The molecule has 1 aromatic rings. The largest absolute Gasteiger partial charge is 0.591 e. The molecule has 0 bridgehead atoms. The molecule has 1 rings (SSSR count). The van der Waals surface area contributed by atoms with Crippen LogP contribution in [0.1, 0.15) is 33.3 Å². The van der Waals surface area contributed by atoms with E-state index in [-0.39, 0.29) is 5.82 Å². The van der Waals surface area contributed by atoms with E-state index in [0.29, 0.717) is 17.0 Å². The van der Waals surface area contributed by atoms with Gasteiger partial charge in [-0.2, -0.15) is 0 Å². The molecular weight excluding hydrogens is 253 g/mol. The van der Waals surface area contributed by atoms with Crippen LogP contribution in [0.15, 0.2) is 22.6 Å². The van der Waals surface area contributed by atoms with E-state index in [1.54, 1.807) is 6.92 Å². The Hall–Kier alpha value is -1.07. The lowest BCUT2D eigenvalue weighted by Gasteiger charge is -2.19. The first kappa shape index (κ1) is 15.0. The lowest BCUT2D eigenvalue weighted by Crippen LogP contribution is -2.26. The van der Waals surface area contributed by atoms with Crippen molar-refractivity contribution < 1.29 is 13.7 Å². The zero-order valence-corrected chi connectivity index (χ0v) is 12.1. The van der Waals surface area contributed by atoms with E-state index >= 15 is 0 Å². The molecule has 0 amide bonds. The summed E-state index contributed by atoms with van der Waals surface area (Å²) in [5.74, 6) is 0.144. The summed E-state index contributed by atoms with van der Waals surface area (Å²) in [5.41, 5.74) is 1.02. The van der Waals surface area contributed by atoms with Crippen LogP contribution >= 0.6 is 0 Å². The topological polar surface area (TPSA) is 44.6 Å². The van der Waals surface area contributed by atoms with Gasteiger partial charge in [0.25, 0.3) is 0 Å². The van der Waals surface area contributed by atoms with Crippen molar-refractivity contribution in [3.8, 4) is 5.75 Å². The first-order chi connectivity index (χ1) is 8.25. The van der Waals surface area contributed by atoms with E-state index in [0.717, 1.165) is 0 Å². The Morgan fingerprint density at radius 1 is 1.39 bits per heavy atom. The van der Waals surface area contributed by atoms with E-state index in [4.69, 9.17) is 4.74 Å². The predicted molar refractivity (Wildman–Crippen MR) is 73.1 cm³/mol. The highest BCUT2D eigenvalue weighted by Gasteiger charge is 2.27. The smallest absolute Gasteiger partial charge is 0.144 e. The van der Waals surface area contributed by atoms with Crippen molar-refractivity contribution in [1.82, 2.24) is 0 Å². The van der Waals surface area contributed by atoms with Gasteiger partial charge in [-0.05, 0) is 45.9 Å². The quantitative estimate of drug-likeness (QED) is 0.626. The number of nitrogens with zero attached hydrogens (tertiary/aromatic N) is 1. The van der Waals surface area contributed by atoms with Gasteiger partial charge in [0.05, 0.1) is 12.8 Å². The molecule has 3 nitrogen and oxygen atoms in total. The molecule has 1 atom stereocenters. The summed E-state index contributed by atoms with van der Waals surface area (Å²) in [6, 6.07) is 4.18. The summed E-state index contributed by atoms with van der Waals surface area (Å²) < 4.78 is 34.0. The molecule has 0 fully saturated rings. The third-order valence-corrected chi connectivity index (χ3v) is 3.78. The normalized spacial score (nSPS) is 14.5. The van der Waals surface area contributed by atoms with Crippen LogP contribution in [0.4, 0.5) is 4.39 Å². The van der Waals surface area contributed by atoms with Crippen molar-refractivity contribution in [2.75, 3.05) is 7.11 Å². The fourth-order valence-corrected chi connectivity index (χ4v) is 1.89. The zero-order chi connectivity index (χ0) is 13.9. The molecule has 0 saturated heterocycles. The maximum atomic E-state index is 13.2. The monoisotopic (exact) mass is 271 g/mol. The standard InChI is InChI=1S/C13H18FNO2S/c1-9(15-18(16)13(2,3)4)11-8-10(14)6-7-12(11)17-5/h6-8H,1-5H3. The summed E-state index contributed by atoms with van der Waals surface area (Å²) in [6.45, 7) is 7.20. The number of benzene rings is 1. The molecule has 0 aromatic heterocycles. The minimum absolute atomic E-state index is 0.373. The zero-order valence-electron chi connectivity index (χ0n) is 11.3. The Morgan fingerprint density at radius 3 is 2.50 bits per heavy atom. The van der Waals surface area contributed by atoms with Gasteiger partial charge in [-0.15, -0.1) is 0 Å². The summed E-state index contributed by atoms with van der Waals surface area (Å²) >= 11 is -1.37. The molecule has 1 unspecified atom stereocenters. The Labute approximate surface area is 110 Å². The average Bonchev–Trinajstić information content (AvgIpc) is 2.27. The summed E-state index contributed by atoms with van der Waals surface area (Å²) in [6.07, 6.45) is 0. The van der Waals surface area contributed by atoms with Crippen LogP contribution < -0.4 is 4.74 Å². The van der Waals surface area contributed by atoms with Crippen molar-refractivity contribution in [2.24, 2.45) is 4.40 Å². The highest BCUT2D eigenvalue weighted by atomic mass is 32.2. The number of ether oxygens (including phenoxy) is 1. The van der Waals surface area contributed by atoms with Crippen LogP contribution in [0.25, 0.3) is 0 Å². The van der Waals surface area contributed by atoms with Crippen LogP contribution in [-0.2, 0) is 11.4 Å². The average molecular weight is 271 g/mol. The minimum atomic E-state index is -1.37. The van der Waals surface area contributed by atoms with Gasteiger partial charge < -0.3 is 9.29 Å². The molecule has 0 spiro atoms. The van der Waals surface area contributed by atoms with E-state index < -0.39 is 16.1 Å². The molecule has 0 aliphatic carbocycles. The molecule has 0 saturated carbocycles. The summed E-state index contributed by atoms with van der Waals surface area (Å²) in [7, 11) is 1.50. The number of rotatable bonds is 3. The fourth-order valence-electron chi connectivity index (χ4n) is 1.27. The minimum Gasteiger partial charge on any atom is -0.591 e. The van der Waals surface area contributed by atoms with Crippen LogP contribution in [0, 0.1) is 5.82 Å². The first-order valence-corrected chi connectivity index (χ1v) is 6.67. The maximum Gasteiger partial charge on any atom is 0.144 e. The summed E-state index contributed by atoms with van der Waals surface area (Å²) in [5, 5.41) is 0. The molecule has 1 aromatic carbocycles. The Kier molecular flexibility index (Phi) is 4.76. The Bertz CT molecular complexity index is 455. The van der Waals surface area contributed by atoms with Gasteiger partial charge in [-0.1, -0.05) is 4.40 Å². The summed E-state index contributed by atoms with van der Waals surface area (Å²) in [4.78, 5) is 0. The second kappa shape index (κ2) is 5.71. The molecule has 0 aliphatic heterocycles. The van der Waals surface area contributed by atoms with Crippen molar-refractivity contribution in [3.05, 3.63) is 29.6 Å². The van der Waals surface area contributed by atoms with Crippen LogP contribution in [0.2, 0.25) is 0 Å². The predicted octanol–water partition coefficient (Wildman–Crippen LogP) is 3.11. The third kappa shape index (κ3) is 3.71. The van der Waals surface area contributed by atoms with Crippen LogP contribution in [0.3, 0.4) is 0 Å². The van der Waals surface area contributed by atoms with E-state index in [1.807, 2.05) is 20.8 Å². The van der Waals surface area contributed by atoms with Gasteiger partial charge in [0, 0.05) is 5.56 Å². The van der Waals surface area contributed by atoms with Crippen LogP contribution in [0.5, 0.6) is 5.75 Å². The van der Waals surface area contributed by atoms with Crippen LogP contribution in [-0.4, -0.2) is 22.1 Å². The third-order valence-electron chi connectivity index (χ3n) is 2.30. The molecule has 0 aliphatic rings.